The zero-order chi connectivity index (χ0) is 20.4. The maximum atomic E-state index is 12.3. The molecule has 2 aromatic carbocycles. The van der Waals surface area contributed by atoms with Crippen LogP contribution in [0.4, 0.5) is 17.1 Å². The summed E-state index contributed by atoms with van der Waals surface area (Å²) in [5.41, 5.74) is 3.11. The molecule has 0 unspecified atom stereocenters. The van der Waals surface area contributed by atoms with Gasteiger partial charge in [-0.05, 0) is 43.2 Å². The smallest absolute Gasteiger partial charge is 0.243 e. The number of aryl methyl sites for hydroxylation is 1. The summed E-state index contributed by atoms with van der Waals surface area (Å²) < 4.78 is 5.68. The van der Waals surface area contributed by atoms with Crippen molar-refractivity contribution in [1.82, 2.24) is 0 Å². The fraction of sp³-hybridized carbons (Fsp3) is 0.364. The van der Waals surface area contributed by atoms with E-state index in [-0.39, 0.29) is 18.4 Å². The minimum Gasteiger partial charge on any atom is -0.494 e. The number of hydrogen-bond acceptors (Lipinski definition) is 4. The number of ether oxygens (including phenoxy) is 1. The van der Waals surface area contributed by atoms with Gasteiger partial charge in [-0.1, -0.05) is 32.4 Å². The van der Waals surface area contributed by atoms with E-state index in [0.717, 1.165) is 29.8 Å². The van der Waals surface area contributed by atoms with Crippen LogP contribution in [0, 0.1) is 6.92 Å². The molecule has 0 radical (unpaired) electrons. The van der Waals surface area contributed by atoms with Crippen molar-refractivity contribution in [3.05, 3.63) is 48.0 Å². The molecule has 0 aliphatic rings. The predicted molar refractivity (Wildman–Crippen MR) is 114 cm³/mol. The molecular weight excluding hydrogens is 354 g/mol. The SMILES string of the molecule is CCCCOc1cccc(NCC(=O)Nc2ccc(C)c(NC(=O)CC)c2)c1. The number of rotatable bonds is 10. The largest absolute Gasteiger partial charge is 0.494 e. The third-order valence-electron chi connectivity index (χ3n) is 4.17. The summed E-state index contributed by atoms with van der Waals surface area (Å²) in [6, 6.07) is 13.0. The Labute approximate surface area is 166 Å². The normalized spacial score (nSPS) is 10.2. The first kappa shape index (κ1) is 21.3. The summed E-state index contributed by atoms with van der Waals surface area (Å²) in [6.07, 6.45) is 2.50. The van der Waals surface area contributed by atoms with E-state index in [2.05, 4.69) is 22.9 Å². The van der Waals surface area contributed by atoms with Crippen LogP contribution in [0.15, 0.2) is 42.5 Å². The van der Waals surface area contributed by atoms with Gasteiger partial charge in [-0.2, -0.15) is 0 Å². The molecule has 2 aromatic rings. The van der Waals surface area contributed by atoms with Crippen LogP contribution in [0.5, 0.6) is 5.75 Å². The minimum absolute atomic E-state index is 0.0609. The number of benzene rings is 2. The van der Waals surface area contributed by atoms with Crippen molar-refractivity contribution in [3.8, 4) is 5.75 Å². The number of anilines is 3. The molecule has 2 amide bonds. The molecule has 6 nitrogen and oxygen atoms in total. The summed E-state index contributed by atoms with van der Waals surface area (Å²) in [5, 5.41) is 8.78. The molecule has 2 rings (SSSR count). The molecule has 0 aliphatic carbocycles. The van der Waals surface area contributed by atoms with Crippen molar-refractivity contribution < 1.29 is 14.3 Å². The van der Waals surface area contributed by atoms with Gasteiger partial charge in [0.15, 0.2) is 0 Å². The molecule has 0 heterocycles. The van der Waals surface area contributed by atoms with Gasteiger partial charge < -0.3 is 20.7 Å². The first-order chi connectivity index (χ1) is 13.5. The highest BCUT2D eigenvalue weighted by Crippen LogP contribution is 2.21. The lowest BCUT2D eigenvalue weighted by Crippen LogP contribution is -2.22. The van der Waals surface area contributed by atoms with E-state index in [1.165, 1.54) is 0 Å². The van der Waals surface area contributed by atoms with Gasteiger partial charge in [-0.3, -0.25) is 9.59 Å². The minimum atomic E-state index is -0.172. The van der Waals surface area contributed by atoms with E-state index in [9.17, 15) is 9.59 Å². The van der Waals surface area contributed by atoms with Crippen LogP contribution in [-0.4, -0.2) is 25.0 Å². The van der Waals surface area contributed by atoms with Crippen molar-refractivity contribution in [2.45, 2.75) is 40.0 Å². The van der Waals surface area contributed by atoms with Crippen LogP contribution >= 0.6 is 0 Å². The highest BCUT2D eigenvalue weighted by Gasteiger charge is 2.07. The Hall–Kier alpha value is -3.02. The number of nitrogens with one attached hydrogen (secondary N) is 3. The zero-order valence-electron chi connectivity index (χ0n) is 16.8. The predicted octanol–water partition coefficient (Wildman–Crippen LogP) is 4.57. The monoisotopic (exact) mass is 383 g/mol. The van der Waals surface area contributed by atoms with Gasteiger partial charge in [0.1, 0.15) is 5.75 Å². The fourth-order valence-corrected chi connectivity index (χ4v) is 2.49. The van der Waals surface area contributed by atoms with E-state index in [1.807, 2.05) is 43.3 Å². The van der Waals surface area contributed by atoms with E-state index in [1.54, 1.807) is 13.0 Å². The maximum absolute atomic E-state index is 12.3. The summed E-state index contributed by atoms with van der Waals surface area (Å²) in [7, 11) is 0. The molecule has 0 spiro atoms. The lowest BCUT2D eigenvalue weighted by atomic mass is 10.1. The standard InChI is InChI=1S/C22H29N3O3/c1-4-6-12-28-19-9-7-8-17(13-19)23-15-22(27)24-18-11-10-16(3)20(14-18)25-21(26)5-2/h7-11,13-14,23H,4-6,12,15H2,1-3H3,(H,24,27)(H,25,26). The second-order valence-electron chi connectivity index (χ2n) is 6.56. The fourth-order valence-electron chi connectivity index (χ4n) is 2.49. The third-order valence-corrected chi connectivity index (χ3v) is 4.17. The Morgan fingerprint density at radius 2 is 1.79 bits per heavy atom. The van der Waals surface area contributed by atoms with E-state index in [4.69, 9.17) is 4.74 Å². The van der Waals surface area contributed by atoms with Crippen molar-refractivity contribution in [1.29, 1.82) is 0 Å². The third kappa shape index (κ3) is 6.95. The van der Waals surface area contributed by atoms with Crippen molar-refractivity contribution in [2.24, 2.45) is 0 Å². The second kappa shape index (κ2) is 11.0. The number of amides is 2. The molecule has 0 saturated heterocycles. The molecule has 0 fully saturated rings. The number of unbranched alkanes of at least 4 members (excludes halogenated alkanes) is 1. The Kier molecular flexibility index (Phi) is 8.34. The van der Waals surface area contributed by atoms with Gasteiger partial charge in [0.25, 0.3) is 0 Å². The second-order valence-corrected chi connectivity index (χ2v) is 6.56. The van der Waals surface area contributed by atoms with Crippen molar-refractivity contribution in [3.63, 3.8) is 0 Å². The molecule has 150 valence electrons. The first-order valence-corrected chi connectivity index (χ1v) is 9.69. The lowest BCUT2D eigenvalue weighted by molar-refractivity contribution is -0.116. The molecule has 0 saturated carbocycles. The van der Waals surface area contributed by atoms with Gasteiger partial charge in [-0.15, -0.1) is 0 Å². The molecule has 6 heteroatoms. The van der Waals surface area contributed by atoms with Crippen molar-refractivity contribution in [2.75, 3.05) is 29.1 Å². The summed E-state index contributed by atoms with van der Waals surface area (Å²) >= 11 is 0. The van der Waals surface area contributed by atoms with Crippen LogP contribution in [0.3, 0.4) is 0 Å². The average Bonchev–Trinajstić information content (AvgIpc) is 2.69. The highest BCUT2D eigenvalue weighted by atomic mass is 16.5. The Bertz CT molecular complexity index is 805. The van der Waals surface area contributed by atoms with Crippen molar-refractivity contribution >= 4 is 28.9 Å². The summed E-state index contributed by atoms with van der Waals surface area (Å²) in [4.78, 5) is 23.9. The van der Waals surface area contributed by atoms with E-state index in [0.29, 0.717) is 24.4 Å². The maximum Gasteiger partial charge on any atom is 0.243 e. The van der Waals surface area contributed by atoms with Gasteiger partial charge in [-0.25, -0.2) is 0 Å². The Morgan fingerprint density at radius 1 is 0.964 bits per heavy atom. The first-order valence-electron chi connectivity index (χ1n) is 9.69. The molecule has 3 N–H and O–H groups in total. The molecule has 0 aliphatic heterocycles. The molecule has 28 heavy (non-hydrogen) atoms. The van der Waals surface area contributed by atoms with Gasteiger partial charge in [0, 0.05) is 29.5 Å². The van der Waals surface area contributed by atoms with Gasteiger partial charge in [0.05, 0.1) is 13.2 Å². The van der Waals surface area contributed by atoms with Crippen LogP contribution in [0.1, 0.15) is 38.7 Å². The number of carbonyl (C=O) groups excluding carboxylic acids is 2. The average molecular weight is 383 g/mol. The molecule has 0 atom stereocenters. The van der Waals surface area contributed by atoms with Crippen LogP contribution in [0.2, 0.25) is 0 Å². The van der Waals surface area contributed by atoms with Gasteiger partial charge >= 0.3 is 0 Å². The van der Waals surface area contributed by atoms with E-state index >= 15 is 0 Å². The lowest BCUT2D eigenvalue weighted by Gasteiger charge is -2.12. The zero-order valence-corrected chi connectivity index (χ0v) is 16.8. The molecule has 0 bridgehead atoms. The molecule has 0 aromatic heterocycles. The van der Waals surface area contributed by atoms with Crippen LogP contribution < -0.4 is 20.7 Å². The summed E-state index contributed by atoms with van der Waals surface area (Å²) in [6.45, 7) is 6.64. The topological polar surface area (TPSA) is 79.5 Å². The molecular formula is C22H29N3O3. The Morgan fingerprint density at radius 3 is 2.54 bits per heavy atom. The highest BCUT2D eigenvalue weighted by molar-refractivity contribution is 5.96. The van der Waals surface area contributed by atoms with Crippen LogP contribution in [0.25, 0.3) is 0 Å². The van der Waals surface area contributed by atoms with Crippen LogP contribution in [-0.2, 0) is 9.59 Å². The number of hydrogen-bond donors (Lipinski definition) is 3. The van der Waals surface area contributed by atoms with E-state index < -0.39 is 0 Å². The summed E-state index contributed by atoms with van der Waals surface area (Å²) in [5.74, 6) is 0.553. The quantitative estimate of drug-likeness (QED) is 0.525. The Balaban J connectivity index is 1.89. The number of carbonyl (C=O) groups is 2. The van der Waals surface area contributed by atoms with Gasteiger partial charge in [0.2, 0.25) is 11.8 Å².